The fraction of sp³-hybridized carbons (Fsp3) is 0.609. The summed E-state index contributed by atoms with van der Waals surface area (Å²) in [4.78, 5) is 230. The van der Waals surface area contributed by atoms with Crippen LogP contribution in [-0.4, -0.2) is 262 Å². The van der Waals surface area contributed by atoms with E-state index in [1.807, 2.05) is 6.07 Å². The Kier molecular flexibility index (Phi) is 42.3. The van der Waals surface area contributed by atoms with Gasteiger partial charge in [0, 0.05) is 37.7 Å². The number of primary amides is 1. The van der Waals surface area contributed by atoms with E-state index in [1.165, 1.54) is 0 Å². The normalized spacial score (nSPS) is 15.5. The lowest BCUT2D eigenvalue weighted by Crippen LogP contribution is -2.61. The number of carbonyl (C=O) groups is 16. The third-order valence-electron chi connectivity index (χ3n) is 16.5. The zero-order chi connectivity index (χ0) is 82.4. The summed E-state index contributed by atoms with van der Waals surface area (Å²) in [5.74, 6) is -20.8. The Morgan fingerprint density at radius 3 is 1.49 bits per heavy atom. The Morgan fingerprint density at radius 2 is 0.982 bits per heavy atom. The van der Waals surface area contributed by atoms with Gasteiger partial charge < -0.3 is 125 Å². The molecule has 109 heavy (non-hydrogen) atoms. The number of fused-ring (bicyclic) bond motifs is 1. The van der Waals surface area contributed by atoms with Gasteiger partial charge in [0.05, 0.1) is 38.3 Å². The molecule has 0 aromatic heterocycles. The van der Waals surface area contributed by atoms with Gasteiger partial charge in [0.2, 0.25) is 76.7 Å². The average Bonchev–Trinajstić information content (AvgIpc) is 0.810. The van der Waals surface area contributed by atoms with E-state index in [0.717, 1.165) is 18.1 Å². The molecule has 2 rings (SSSR count). The molecular formula is C64H106N24O19S2. The maximum Gasteiger partial charge on any atom is 0.305 e. The van der Waals surface area contributed by atoms with Crippen molar-refractivity contribution in [3.8, 4) is 0 Å². The molecule has 1 unspecified atom stereocenters. The highest BCUT2D eigenvalue weighted by molar-refractivity contribution is 7.80. The predicted molar refractivity (Wildman–Crippen MR) is 400 cm³/mol. The maximum absolute atomic E-state index is 14.4. The van der Waals surface area contributed by atoms with Crippen molar-refractivity contribution >= 4 is 138 Å². The number of aliphatic hydroxyl groups is 2. The Balaban J connectivity index is 2.48. The minimum Gasteiger partial charge on any atom is -0.481 e. The van der Waals surface area contributed by atoms with Crippen molar-refractivity contribution in [3.05, 3.63) is 35.4 Å². The largest absolute Gasteiger partial charge is 0.481 e. The molecule has 14 amide bonds. The first-order chi connectivity index (χ1) is 51.3. The Bertz CT molecular complexity index is 3450. The highest BCUT2D eigenvalue weighted by Gasteiger charge is 2.40. The van der Waals surface area contributed by atoms with Crippen LogP contribution in [0.3, 0.4) is 0 Å². The zero-order valence-corrected chi connectivity index (χ0v) is 63.0. The van der Waals surface area contributed by atoms with E-state index in [-0.39, 0.29) is 108 Å². The summed E-state index contributed by atoms with van der Waals surface area (Å²) < 4.78 is 0. The molecule has 608 valence electrons. The third kappa shape index (κ3) is 34.1. The van der Waals surface area contributed by atoms with Crippen LogP contribution in [0, 0.1) is 11.8 Å². The summed E-state index contributed by atoms with van der Waals surface area (Å²) in [7, 11) is 0. The second-order valence-corrected chi connectivity index (χ2v) is 26.5. The van der Waals surface area contributed by atoms with Crippen LogP contribution in [0.2, 0.25) is 0 Å². The minimum atomic E-state index is -2.00. The van der Waals surface area contributed by atoms with Gasteiger partial charge in [-0.2, -0.15) is 25.3 Å². The van der Waals surface area contributed by atoms with E-state index in [2.05, 4.69) is 104 Å². The Labute approximate surface area is 639 Å². The summed E-state index contributed by atoms with van der Waals surface area (Å²) in [6, 6.07) is -11.6. The average molecular weight is 1580 g/mol. The van der Waals surface area contributed by atoms with Crippen LogP contribution in [0.15, 0.2) is 39.2 Å². The highest BCUT2D eigenvalue weighted by Crippen LogP contribution is 2.19. The van der Waals surface area contributed by atoms with Crippen molar-refractivity contribution in [2.45, 2.75) is 178 Å². The first-order valence-electron chi connectivity index (χ1n) is 34.7. The lowest BCUT2D eigenvalue weighted by atomic mass is 9.95. The summed E-state index contributed by atoms with van der Waals surface area (Å²) >= 11 is 8.30. The van der Waals surface area contributed by atoms with E-state index < -0.39 is 217 Å². The molecule has 0 spiro atoms. The number of carboxylic acid groups (broad SMARTS) is 1. The molecule has 45 heteroatoms. The smallest absolute Gasteiger partial charge is 0.305 e. The van der Waals surface area contributed by atoms with Crippen LogP contribution in [0.25, 0.3) is 0 Å². The van der Waals surface area contributed by atoms with E-state index in [0.29, 0.717) is 4.90 Å². The molecule has 0 fully saturated rings. The number of nitrogens with zero attached hydrogens (tertiary/aromatic N) is 4. The van der Waals surface area contributed by atoms with Crippen molar-refractivity contribution < 1.29 is 92.0 Å². The van der Waals surface area contributed by atoms with E-state index >= 15 is 0 Å². The molecule has 0 bridgehead atoms. The van der Waals surface area contributed by atoms with Crippen LogP contribution >= 0.6 is 25.3 Å². The number of aliphatic imine (C=N–C) groups is 3. The van der Waals surface area contributed by atoms with Gasteiger partial charge in [-0.1, -0.05) is 58.4 Å². The van der Waals surface area contributed by atoms with Gasteiger partial charge in [-0.05, 0) is 81.3 Å². The molecule has 31 N–H and O–H groups in total. The Hall–Kier alpha value is -10.5. The molecule has 43 nitrogen and oxygen atoms in total. The van der Waals surface area contributed by atoms with E-state index in [1.54, 1.807) is 45.9 Å². The number of ketones is 1. The van der Waals surface area contributed by atoms with Gasteiger partial charge in [0.1, 0.15) is 67.0 Å². The number of rotatable bonds is 49. The number of aliphatic hydroxyl groups excluding tert-OH is 2. The summed E-state index contributed by atoms with van der Waals surface area (Å²) in [5.41, 5.74) is 45.1. The number of thiol groups is 2. The van der Waals surface area contributed by atoms with Gasteiger partial charge in [0.25, 0.3) is 11.8 Å². The quantitative estimate of drug-likeness (QED) is 0.00947. The fourth-order valence-corrected chi connectivity index (χ4v) is 10.9. The standard InChI is InChI=1S/C64H106N24O19S2/c1-6-31(4)48(59(105)86-44(29-109)58(104)80-36(49(95)50(66)96)14-9-17-73-62(67)68)87-53(99)38(16-11-19-75-64(71)72)81-55(101)40(22-47(93)94)83-54(100)39(20-30(2)3)82-52(98)37(15-10-18-74-63(69)70)79-45(91)24-77-46(92)25-88(61(107)41-21-33-12-7-8-13-34(33)23-76-41)60(106)32(5)78-57(103)43(28-108)85-56(102)42(27-90)84-51(97)35(65)26-89/h7-8,12-13,30-32,35-44,48,76,89-90,108-109H,6,9-11,14-29,65H2,1-5H3,(H2,66,96)(H,77,92)(H,78,103)(H,79,91)(H,80,104)(H,81,101)(H,82,98)(H,83,100)(H,84,97)(H,85,102)(H,86,105)(H,87,99)(H,93,94)(H4,67,68,73)(H4,69,70,74)(H4,71,72,75)/t31-,32+,35-,36-,37-,38-,39-,40-,41?,42-,43-,44-,48-/m0/s1. The molecule has 13 atom stereocenters. The molecule has 1 heterocycles. The maximum atomic E-state index is 14.4. The molecule has 0 saturated heterocycles. The number of benzene rings is 1. The highest BCUT2D eigenvalue weighted by atomic mass is 32.1. The van der Waals surface area contributed by atoms with Gasteiger partial charge in [0.15, 0.2) is 17.9 Å². The fourth-order valence-electron chi connectivity index (χ4n) is 10.4. The number of Topliss-reactive ketones (excluding diaryl/α,β-unsaturated/α-hetero) is 1. The SMILES string of the molecule is CC[C@H](C)[C@H](NC(=O)[C@H](CCCN=C(N)N)NC(=O)[C@H](CC(=O)O)NC(=O)[C@H](CC(C)C)NC(=O)[C@H](CCCN=C(N)N)NC(=O)CNC(=O)CN(C(=O)C1Cc2ccccc2CN1)C(=O)[C@@H](C)NC(=O)[C@H](CS)NC(=O)[C@H](CO)NC(=O)[C@@H](N)CO)C(=O)N[C@@H](CS)C(=O)N[C@@H](CCCN=C(N)N)C(=O)C(N)=O. The number of carbonyl (C=O) groups excluding carboxylic acids is 15. The van der Waals surface area contributed by atoms with Crippen molar-refractivity contribution in [2.24, 2.45) is 72.7 Å². The number of imide groups is 1. The zero-order valence-electron chi connectivity index (χ0n) is 61.2. The van der Waals surface area contributed by atoms with Crippen LogP contribution in [-0.2, 0) is 89.7 Å². The van der Waals surface area contributed by atoms with Crippen molar-refractivity contribution in [3.63, 3.8) is 0 Å². The van der Waals surface area contributed by atoms with Crippen LogP contribution in [0.5, 0.6) is 0 Å². The van der Waals surface area contributed by atoms with Gasteiger partial charge in [-0.25, -0.2) is 0 Å². The molecule has 1 aromatic rings. The molecule has 1 aliphatic rings. The monoisotopic (exact) mass is 1580 g/mol. The predicted octanol–water partition coefficient (Wildman–Crippen LogP) is -11.0. The third-order valence-corrected chi connectivity index (χ3v) is 17.2. The van der Waals surface area contributed by atoms with Crippen LogP contribution in [0.4, 0.5) is 0 Å². The first-order valence-corrected chi connectivity index (χ1v) is 35.9. The van der Waals surface area contributed by atoms with Gasteiger partial charge >= 0.3 is 5.97 Å². The first kappa shape index (κ1) is 94.6. The molecule has 0 aliphatic carbocycles. The Morgan fingerprint density at radius 1 is 0.541 bits per heavy atom. The summed E-state index contributed by atoms with van der Waals surface area (Å²) in [5, 5.41) is 58.3. The molecule has 0 saturated carbocycles. The molecule has 1 aromatic carbocycles. The van der Waals surface area contributed by atoms with Crippen LogP contribution in [0.1, 0.15) is 104 Å². The topological polar surface area (TPSA) is 727 Å². The van der Waals surface area contributed by atoms with E-state index in [9.17, 15) is 92.0 Å². The number of guanidine groups is 3. The van der Waals surface area contributed by atoms with E-state index in [4.69, 9.17) is 45.9 Å². The number of nitrogens with two attached hydrogens (primary N) is 8. The van der Waals surface area contributed by atoms with Crippen molar-refractivity contribution in [1.29, 1.82) is 0 Å². The number of amides is 14. The molecule has 1 aliphatic heterocycles. The summed E-state index contributed by atoms with van der Waals surface area (Å²) in [6.45, 7) is 3.89. The number of carboxylic acids is 1. The van der Waals surface area contributed by atoms with Gasteiger partial charge in [-0.3, -0.25) is 96.6 Å². The number of aliphatic carboxylic acids is 1. The number of nitrogens with one attached hydrogen (secondary N) is 12. The lowest BCUT2D eigenvalue weighted by molar-refractivity contribution is -0.151. The minimum absolute atomic E-state index is 0.00826. The van der Waals surface area contributed by atoms with Gasteiger partial charge in [-0.15, -0.1) is 0 Å². The van der Waals surface area contributed by atoms with Crippen molar-refractivity contribution in [1.82, 2.24) is 68.7 Å². The lowest BCUT2D eigenvalue weighted by Gasteiger charge is -2.31. The number of hydrogen-bond donors (Lipinski definition) is 25. The second kappa shape index (κ2) is 48.7. The molecular weight excluding hydrogens is 1470 g/mol. The van der Waals surface area contributed by atoms with Crippen LogP contribution < -0.4 is 110 Å². The number of hydrogen-bond acceptors (Lipinski definition) is 25. The van der Waals surface area contributed by atoms with Crippen molar-refractivity contribution in [2.75, 3.05) is 57.4 Å². The molecule has 0 radical (unpaired) electrons. The summed E-state index contributed by atoms with van der Waals surface area (Å²) in [6.07, 6.45) is -1.68. The second-order valence-electron chi connectivity index (χ2n) is 25.7.